The van der Waals surface area contributed by atoms with E-state index in [-0.39, 0.29) is 30.9 Å². The first-order chi connectivity index (χ1) is 19.3. The van der Waals surface area contributed by atoms with E-state index >= 15 is 0 Å². The zero-order valence-corrected chi connectivity index (χ0v) is 23.7. The van der Waals surface area contributed by atoms with E-state index in [0.717, 1.165) is 5.56 Å². The summed E-state index contributed by atoms with van der Waals surface area (Å²) in [5, 5.41) is 5.61. The zero-order chi connectivity index (χ0) is 29.1. The highest BCUT2D eigenvalue weighted by Crippen LogP contribution is 2.25. The second kappa shape index (κ2) is 15.2. The van der Waals surface area contributed by atoms with Gasteiger partial charge >= 0.3 is 0 Å². The Labute approximate surface area is 236 Å². The highest BCUT2D eigenvalue weighted by molar-refractivity contribution is 5.94. The number of ether oxygens (including phenoxy) is 2. The third-order valence-corrected chi connectivity index (χ3v) is 7.02. The van der Waals surface area contributed by atoms with Gasteiger partial charge in [0.15, 0.2) is 6.10 Å². The van der Waals surface area contributed by atoms with E-state index in [0.29, 0.717) is 31.5 Å². The van der Waals surface area contributed by atoms with Crippen molar-refractivity contribution in [2.75, 3.05) is 6.54 Å². The van der Waals surface area contributed by atoms with Crippen LogP contribution in [0, 0.1) is 5.92 Å². The smallest absolute Gasteiger partial charge is 0.261 e. The summed E-state index contributed by atoms with van der Waals surface area (Å²) in [6.07, 6.45) is 0.658. The second-order valence-corrected chi connectivity index (χ2v) is 10.4. The largest absolute Gasteiger partial charge is 0.481 e. The van der Waals surface area contributed by atoms with Crippen LogP contribution in [0.2, 0.25) is 0 Å². The predicted molar refractivity (Wildman–Crippen MR) is 151 cm³/mol. The molecule has 3 amide bonds. The molecule has 1 heterocycles. The standard InChI is InChI=1S/C31H41N3O6/c1-5-23(19-35)32-29(36)26-17-25(39-20-22-13-9-7-10-14-22)18-34(26)31(38)28(21(3)4)33-30(37)27(6-2)40-24-15-11-8-12-16-24/h7-16,19,21,23,25-28H,5-6,17-18,20H2,1-4H3,(H,32,36)(H,33,37)/t23-,25+,26-,27?,28-/m0/s1. The fraction of sp³-hybridized carbons (Fsp3) is 0.484. The predicted octanol–water partition coefficient (Wildman–Crippen LogP) is 3.26. The Morgan fingerprint density at radius 1 is 0.975 bits per heavy atom. The molecule has 2 aromatic carbocycles. The first-order valence-corrected chi connectivity index (χ1v) is 14.0. The highest BCUT2D eigenvalue weighted by Gasteiger charge is 2.43. The maximum Gasteiger partial charge on any atom is 0.261 e. The molecule has 0 spiro atoms. The van der Waals surface area contributed by atoms with Gasteiger partial charge in [0.25, 0.3) is 5.91 Å². The van der Waals surface area contributed by atoms with Crippen LogP contribution in [-0.4, -0.2) is 65.8 Å². The maximum absolute atomic E-state index is 13.9. The van der Waals surface area contributed by atoms with E-state index in [9.17, 15) is 19.2 Å². The number of carbonyl (C=O) groups is 4. The van der Waals surface area contributed by atoms with Gasteiger partial charge in [-0.15, -0.1) is 0 Å². The third-order valence-electron chi connectivity index (χ3n) is 7.02. The minimum Gasteiger partial charge on any atom is -0.481 e. The monoisotopic (exact) mass is 551 g/mol. The number of rotatable bonds is 14. The molecule has 9 heteroatoms. The van der Waals surface area contributed by atoms with Crippen LogP contribution in [0.1, 0.15) is 52.5 Å². The molecule has 2 aromatic rings. The molecule has 40 heavy (non-hydrogen) atoms. The molecule has 3 rings (SSSR count). The van der Waals surface area contributed by atoms with Crippen LogP contribution in [0.3, 0.4) is 0 Å². The number of amides is 3. The molecular formula is C31H41N3O6. The van der Waals surface area contributed by atoms with Gasteiger partial charge in [-0.25, -0.2) is 0 Å². The summed E-state index contributed by atoms with van der Waals surface area (Å²) in [7, 11) is 0. The Morgan fingerprint density at radius 3 is 2.20 bits per heavy atom. The molecule has 5 atom stereocenters. The number of likely N-dealkylation sites (tertiary alicyclic amines) is 1. The van der Waals surface area contributed by atoms with Gasteiger partial charge in [0.05, 0.1) is 18.8 Å². The van der Waals surface area contributed by atoms with Crippen LogP contribution in [-0.2, 0) is 30.5 Å². The summed E-state index contributed by atoms with van der Waals surface area (Å²) in [5.74, 6) is -0.874. The van der Waals surface area contributed by atoms with Crippen molar-refractivity contribution in [2.45, 2.75) is 83.9 Å². The molecule has 0 saturated carbocycles. The molecule has 0 aliphatic carbocycles. The lowest BCUT2D eigenvalue weighted by atomic mass is 10.0. The second-order valence-electron chi connectivity index (χ2n) is 10.4. The van der Waals surface area contributed by atoms with E-state index in [1.54, 1.807) is 19.1 Å². The number of aldehydes is 1. The van der Waals surface area contributed by atoms with Crippen LogP contribution >= 0.6 is 0 Å². The topological polar surface area (TPSA) is 114 Å². The molecule has 0 bridgehead atoms. The van der Waals surface area contributed by atoms with Crippen molar-refractivity contribution in [1.82, 2.24) is 15.5 Å². The van der Waals surface area contributed by atoms with E-state index < -0.39 is 36.0 Å². The fourth-order valence-corrected chi connectivity index (χ4v) is 4.63. The Balaban J connectivity index is 1.76. The number of hydrogen-bond acceptors (Lipinski definition) is 6. The van der Waals surface area contributed by atoms with Gasteiger partial charge in [-0.1, -0.05) is 76.2 Å². The number of benzene rings is 2. The van der Waals surface area contributed by atoms with Crippen LogP contribution in [0.15, 0.2) is 60.7 Å². The summed E-state index contributed by atoms with van der Waals surface area (Å²) < 4.78 is 12.0. The molecule has 0 aromatic heterocycles. The van der Waals surface area contributed by atoms with Gasteiger partial charge in [0.2, 0.25) is 11.8 Å². The molecule has 0 radical (unpaired) electrons. The lowest BCUT2D eigenvalue weighted by molar-refractivity contribution is -0.143. The minimum atomic E-state index is -0.878. The van der Waals surface area contributed by atoms with E-state index in [1.165, 1.54) is 4.90 Å². The van der Waals surface area contributed by atoms with E-state index in [2.05, 4.69) is 10.6 Å². The summed E-state index contributed by atoms with van der Waals surface area (Å²) in [5.41, 5.74) is 0.983. The summed E-state index contributed by atoms with van der Waals surface area (Å²) in [6.45, 7) is 7.86. The van der Waals surface area contributed by atoms with Gasteiger partial charge in [-0.3, -0.25) is 14.4 Å². The summed E-state index contributed by atoms with van der Waals surface area (Å²) in [4.78, 5) is 53.3. The first-order valence-electron chi connectivity index (χ1n) is 14.0. The van der Waals surface area contributed by atoms with E-state index in [1.807, 2.05) is 69.3 Å². The Bertz CT molecular complexity index is 1110. The number of nitrogens with one attached hydrogen (secondary N) is 2. The van der Waals surface area contributed by atoms with Crippen LogP contribution in [0.25, 0.3) is 0 Å². The quantitative estimate of drug-likeness (QED) is 0.349. The normalized spacial score (nSPS) is 19.0. The lowest BCUT2D eigenvalue weighted by Crippen LogP contribution is -2.57. The van der Waals surface area contributed by atoms with Crippen molar-refractivity contribution < 1.29 is 28.7 Å². The van der Waals surface area contributed by atoms with Crippen LogP contribution in [0.4, 0.5) is 0 Å². The van der Waals surface area contributed by atoms with Gasteiger partial charge < -0.3 is 29.8 Å². The molecule has 1 fully saturated rings. The molecular weight excluding hydrogens is 510 g/mol. The van der Waals surface area contributed by atoms with Crippen molar-refractivity contribution in [2.24, 2.45) is 5.92 Å². The minimum absolute atomic E-state index is 0.193. The third kappa shape index (κ3) is 8.39. The zero-order valence-electron chi connectivity index (χ0n) is 23.7. The van der Waals surface area contributed by atoms with Crippen LogP contribution < -0.4 is 15.4 Å². The fourth-order valence-electron chi connectivity index (χ4n) is 4.63. The number of para-hydroxylation sites is 1. The lowest BCUT2D eigenvalue weighted by Gasteiger charge is -2.31. The van der Waals surface area contributed by atoms with E-state index in [4.69, 9.17) is 9.47 Å². The number of carbonyl (C=O) groups excluding carboxylic acids is 4. The Hall–Kier alpha value is -3.72. The molecule has 1 aliphatic rings. The summed E-state index contributed by atoms with van der Waals surface area (Å²) in [6, 6.07) is 16.4. The van der Waals surface area contributed by atoms with Crippen molar-refractivity contribution >= 4 is 24.0 Å². The van der Waals surface area contributed by atoms with Gasteiger partial charge in [0.1, 0.15) is 24.1 Å². The van der Waals surface area contributed by atoms with Gasteiger partial charge in [0, 0.05) is 13.0 Å². The van der Waals surface area contributed by atoms with Crippen molar-refractivity contribution in [3.05, 3.63) is 66.2 Å². The molecule has 1 saturated heterocycles. The average molecular weight is 552 g/mol. The van der Waals surface area contributed by atoms with Crippen molar-refractivity contribution in [3.8, 4) is 5.75 Å². The average Bonchev–Trinajstić information content (AvgIpc) is 3.41. The maximum atomic E-state index is 13.9. The summed E-state index contributed by atoms with van der Waals surface area (Å²) >= 11 is 0. The van der Waals surface area contributed by atoms with Crippen molar-refractivity contribution in [1.29, 1.82) is 0 Å². The molecule has 1 unspecified atom stereocenters. The number of hydrogen-bond donors (Lipinski definition) is 2. The molecule has 9 nitrogen and oxygen atoms in total. The Kier molecular flexibility index (Phi) is 11.7. The van der Waals surface area contributed by atoms with Gasteiger partial charge in [-0.2, -0.15) is 0 Å². The van der Waals surface area contributed by atoms with Crippen molar-refractivity contribution in [3.63, 3.8) is 0 Å². The Morgan fingerprint density at radius 2 is 1.62 bits per heavy atom. The number of nitrogens with zero attached hydrogens (tertiary/aromatic N) is 1. The molecule has 216 valence electrons. The first kappa shape index (κ1) is 30.8. The molecule has 2 N–H and O–H groups in total. The molecule has 1 aliphatic heterocycles. The van der Waals surface area contributed by atoms with Gasteiger partial charge in [-0.05, 0) is 36.5 Å². The SMILES string of the molecule is CCC(Oc1ccccc1)C(=O)N[C@H](C(=O)N1C[C@H](OCc2ccccc2)C[C@H]1C(=O)N[C@H](C=O)CC)C(C)C. The highest BCUT2D eigenvalue weighted by atomic mass is 16.5. The van der Waals surface area contributed by atoms with Crippen LogP contribution in [0.5, 0.6) is 5.75 Å².